The van der Waals surface area contributed by atoms with Crippen LogP contribution < -0.4 is 5.32 Å². The highest BCUT2D eigenvalue weighted by Crippen LogP contribution is 2.22. The van der Waals surface area contributed by atoms with Gasteiger partial charge in [0.05, 0.1) is 4.90 Å². The molecule has 0 atom stereocenters. The Morgan fingerprint density at radius 3 is 2.40 bits per heavy atom. The van der Waals surface area contributed by atoms with Crippen LogP contribution in [-0.2, 0) is 14.8 Å². The number of hydrogen-bond acceptors (Lipinski definition) is 3. The minimum Gasteiger partial charge on any atom is -0.326 e. The number of sulfonamides is 1. The van der Waals surface area contributed by atoms with Crippen molar-refractivity contribution in [3.63, 3.8) is 0 Å². The van der Waals surface area contributed by atoms with Crippen molar-refractivity contribution in [3.05, 3.63) is 23.8 Å². The highest BCUT2D eigenvalue weighted by Gasteiger charge is 2.20. The van der Waals surface area contributed by atoms with Gasteiger partial charge >= 0.3 is 0 Å². The van der Waals surface area contributed by atoms with Crippen LogP contribution in [-0.4, -0.2) is 32.7 Å². The summed E-state index contributed by atoms with van der Waals surface area (Å²) in [6, 6.07) is 4.91. The third-order valence-corrected chi connectivity index (χ3v) is 4.78. The van der Waals surface area contributed by atoms with Gasteiger partial charge in [-0.2, -0.15) is 0 Å². The Morgan fingerprint density at radius 1 is 1.30 bits per heavy atom. The van der Waals surface area contributed by atoms with Crippen molar-refractivity contribution in [1.82, 2.24) is 4.31 Å². The van der Waals surface area contributed by atoms with E-state index in [1.54, 1.807) is 19.1 Å². The van der Waals surface area contributed by atoms with Crippen molar-refractivity contribution >= 4 is 21.6 Å². The molecule has 1 amide bonds. The fourth-order valence-electron chi connectivity index (χ4n) is 1.74. The Bertz CT molecular complexity index is 592. The second-order valence-electron chi connectivity index (χ2n) is 5.41. The highest BCUT2D eigenvalue weighted by molar-refractivity contribution is 7.89. The molecule has 1 rings (SSSR count). The van der Waals surface area contributed by atoms with Gasteiger partial charge < -0.3 is 5.32 Å². The van der Waals surface area contributed by atoms with E-state index in [1.807, 2.05) is 13.8 Å². The summed E-state index contributed by atoms with van der Waals surface area (Å²) < 4.78 is 25.5. The second kappa shape index (κ2) is 6.37. The Morgan fingerprint density at radius 2 is 1.90 bits per heavy atom. The summed E-state index contributed by atoms with van der Waals surface area (Å²) in [5.74, 6) is 0.141. The van der Waals surface area contributed by atoms with Gasteiger partial charge in [-0.15, -0.1) is 0 Å². The minimum atomic E-state index is -3.51. The molecule has 1 aromatic carbocycles. The van der Waals surface area contributed by atoms with Gasteiger partial charge in [0.15, 0.2) is 0 Å². The maximum Gasteiger partial charge on any atom is 0.242 e. The number of amides is 1. The van der Waals surface area contributed by atoms with Crippen LogP contribution in [0, 0.1) is 12.8 Å². The smallest absolute Gasteiger partial charge is 0.242 e. The van der Waals surface area contributed by atoms with Crippen molar-refractivity contribution < 1.29 is 13.2 Å². The van der Waals surface area contributed by atoms with E-state index in [2.05, 4.69) is 5.32 Å². The lowest BCUT2D eigenvalue weighted by Crippen LogP contribution is -2.23. The number of anilines is 1. The number of nitrogens with zero attached hydrogens (tertiary/aromatic N) is 1. The van der Waals surface area contributed by atoms with E-state index >= 15 is 0 Å². The van der Waals surface area contributed by atoms with Gasteiger partial charge in [-0.1, -0.05) is 19.9 Å². The standard InChI is InChI=1S/C14H22N2O3S/c1-10(2)8-14(17)15-12-7-6-11(3)13(9-12)20(18,19)16(4)5/h6-7,9-10H,8H2,1-5H3,(H,15,17). The molecule has 112 valence electrons. The lowest BCUT2D eigenvalue weighted by Gasteiger charge is -2.15. The molecule has 1 aromatic rings. The molecule has 5 nitrogen and oxygen atoms in total. The van der Waals surface area contributed by atoms with Crippen molar-refractivity contribution in [2.45, 2.75) is 32.1 Å². The van der Waals surface area contributed by atoms with Crippen LogP contribution in [0.15, 0.2) is 23.1 Å². The normalized spacial score (nSPS) is 11.9. The zero-order chi connectivity index (χ0) is 15.5. The van der Waals surface area contributed by atoms with Gasteiger partial charge in [0.1, 0.15) is 0 Å². The summed E-state index contributed by atoms with van der Waals surface area (Å²) in [5.41, 5.74) is 1.15. The number of rotatable bonds is 5. The molecule has 0 bridgehead atoms. The van der Waals surface area contributed by atoms with Gasteiger partial charge in [-0.25, -0.2) is 12.7 Å². The Balaban J connectivity index is 3.07. The third-order valence-electron chi connectivity index (χ3n) is 2.82. The largest absolute Gasteiger partial charge is 0.326 e. The van der Waals surface area contributed by atoms with Gasteiger partial charge in [-0.05, 0) is 30.5 Å². The monoisotopic (exact) mass is 298 g/mol. The SMILES string of the molecule is Cc1ccc(NC(=O)CC(C)C)cc1S(=O)(=O)N(C)C. The summed E-state index contributed by atoms with van der Waals surface area (Å²) in [4.78, 5) is 11.9. The molecule has 0 aliphatic rings. The van der Waals surface area contributed by atoms with Crippen LogP contribution in [0.2, 0.25) is 0 Å². The van der Waals surface area contributed by atoms with E-state index in [9.17, 15) is 13.2 Å². The number of benzene rings is 1. The molecule has 0 spiro atoms. The molecule has 0 unspecified atom stereocenters. The minimum absolute atomic E-state index is 0.114. The fraction of sp³-hybridized carbons (Fsp3) is 0.500. The maximum atomic E-state index is 12.2. The van der Waals surface area contributed by atoms with E-state index in [0.717, 1.165) is 4.31 Å². The average molecular weight is 298 g/mol. The molecule has 0 aliphatic heterocycles. The first-order valence-electron chi connectivity index (χ1n) is 6.47. The second-order valence-corrected chi connectivity index (χ2v) is 7.53. The lowest BCUT2D eigenvalue weighted by atomic mass is 10.1. The number of hydrogen-bond donors (Lipinski definition) is 1. The van der Waals surface area contributed by atoms with Crippen LogP contribution >= 0.6 is 0 Å². The van der Waals surface area contributed by atoms with Crippen LogP contribution in [0.1, 0.15) is 25.8 Å². The first-order chi connectivity index (χ1) is 9.14. The molecule has 0 saturated heterocycles. The Labute approximate surface area is 121 Å². The van der Waals surface area contributed by atoms with Crippen LogP contribution in [0.25, 0.3) is 0 Å². The Kier molecular flexibility index (Phi) is 5.30. The van der Waals surface area contributed by atoms with Crippen molar-refractivity contribution in [2.75, 3.05) is 19.4 Å². The summed E-state index contributed by atoms with van der Waals surface area (Å²) >= 11 is 0. The molecule has 0 fully saturated rings. The van der Waals surface area contributed by atoms with Crippen LogP contribution in [0.5, 0.6) is 0 Å². The number of carbonyl (C=O) groups is 1. The van der Waals surface area contributed by atoms with Gasteiger partial charge in [0, 0.05) is 26.2 Å². The van der Waals surface area contributed by atoms with Gasteiger partial charge in [0.2, 0.25) is 15.9 Å². The predicted octanol–water partition coefficient (Wildman–Crippen LogP) is 2.23. The molecule has 0 heterocycles. The van der Waals surface area contributed by atoms with Gasteiger partial charge in [-0.3, -0.25) is 4.79 Å². The Hall–Kier alpha value is -1.40. The number of nitrogens with one attached hydrogen (secondary N) is 1. The maximum absolute atomic E-state index is 12.2. The van der Waals surface area contributed by atoms with Crippen LogP contribution in [0.3, 0.4) is 0 Å². The van der Waals surface area contributed by atoms with Crippen molar-refractivity contribution in [2.24, 2.45) is 5.92 Å². The third kappa shape index (κ3) is 4.05. The molecule has 0 aliphatic carbocycles. The molecule has 0 radical (unpaired) electrons. The zero-order valence-corrected chi connectivity index (χ0v) is 13.4. The topological polar surface area (TPSA) is 66.5 Å². The molecule has 0 saturated carbocycles. The number of carbonyl (C=O) groups excluding carboxylic acids is 1. The summed E-state index contributed by atoms with van der Waals surface area (Å²) in [5, 5.41) is 2.73. The molecule has 20 heavy (non-hydrogen) atoms. The zero-order valence-electron chi connectivity index (χ0n) is 12.6. The van der Waals surface area contributed by atoms with Crippen LogP contribution in [0.4, 0.5) is 5.69 Å². The molecule has 6 heteroatoms. The lowest BCUT2D eigenvalue weighted by molar-refractivity contribution is -0.116. The summed E-state index contributed by atoms with van der Waals surface area (Å²) in [7, 11) is -0.537. The van der Waals surface area contributed by atoms with E-state index in [1.165, 1.54) is 20.2 Å². The predicted molar refractivity (Wildman–Crippen MR) is 80.1 cm³/mol. The van der Waals surface area contributed by atoms with E-state index < -0.39 is 10.0 Å². The molecule has 1 N–H and O–H groups in total. The summed E-state index contributed by atoms with van der Waals surface area (Å²) in [6.45, 7) is 5.64. The average Bonchev–Trinajstić information content (AvgIpc) is 2.30. The number of aryl methyl sites for hydroxylation is 1. The van der Waals surface area contributed by atoms with Crippen molar-refractivity contribution in [3.8, 4) is 0 Å². The fourth-order valence-corrected chi connectivity index (χ4v) is 2.88. The van der Waals surface area contributed by atoms with Gasteiger partial charge in [0.25, 0.3) is 0 Å². The van der Waals surface area contributed by atoms with E-state index in [0.29, 0.717) is 17.7 Å². The first-order valence-corrected chi connectivity index (χ1v) is 7.91. The quantitative estimate of drug-likeness (QED) is 0.906. The molecular formula is C14H22N2O3S. The first kappa shape index (κ1) is 16.7. The highest BCUT2D eigenvalue weighted by atomic mass is 32.2. The molecular weight excluding hydrogens is 276 g/mol. The molecule has 0 aromatic heterocycles. The van der Waals surface area contributed by atoms with E-state index in [-0.39, 0.29) is 16.7 Å². The summed E-state index contributed by atoms with van der Waals surface area (Å²) in [6.07, 6.45) is 0.406. The van der Waals surface area contributed by atoms with E-state index in [4.69, 9.17) is 0 Å². The van der Waals surface area contributed by atoms with Crippen molar-refractivity contribution in [1.29, 1.82) is 0 Å².